The maximum atomic E-state index is 10.7. The topological polar surface area (TPSA) is 83.8 Å². The Morgan fingerprint density at radius 3 is 1.69 bits per heavy atom. The van der Waals surface area contributed by atoms with E-state index in [0.717, 1.165) is 0 Å². The largest absolute Gasteiger partial charge is 0.481 e. The van der Waals surface area contributed by atoms with Crippen LogP contribution in [0.3, 0.4) is 0 Å². The predicted octanol–water partition coefficient (Wildman–Crippen LogP) is -0.275. The van der Waals surface area contributed by atoms with Gasteiger partial charge < -0.3 is 14.9 Å². The number of aliphatic carboxylic acids is 2. The van der Waals surface area contributed by atoms with Crippen molar-refractivity contribution in [3.63, 3.8) is 0 Å². The van der Waals surface area contributed by atoms with Gasteiger partial charge in [-0.05, 0) is 0 Å². The summed E-state index contributed by atoms with van der Waals surface area (Å²) < 4.78 is 5.15. The third-order valence-electron chi connectivity index (χ3n) is 2.47. The number of ether oxygens (including phenoxy) is 1. The van der Waals surface area contributed by atoms with Crippen molar-refractivity contribution < 1.29 is 24.5 Å². The van der Waals surface area contributed by atoms with E-state index in [1.165, 1.54) is 0 Å². The lowest BCUT2D eigenvalue weighted by atomic mass is 9.83. The quantitative estimate of drug-likeness (QED) is 0.577. The van der Waals surface area contributed by atoms with Crippen molar-refractivity contribution in [1.82, 2.24) is 0 Å². The van der Waals surface area contributed by atoms with Crippen LogP contribution in [-0.2, 0) is 14.3 Å². The number of fused-ring (bicyclic) bond motifs is 2. The average Bonchev–Trinajstić information content (AvgIpc) is 2.60. The molecule has 0 aromatic carbocycles. The van der Waals surface area contributed by atoms with Crippen molar-refractivity contribution in [3.8, 4) is 0 Å². The van der Waals surface area contributed by atoms with Gasteiger partial charge in [-0.3, -0.25) is 9.59 Å². The third-order valence-corrected chi connectivity index (χ3v) is 2.47. The van der Waals surface area contributed by atoms with Crippen LogP contribution in [0.25, 0.3) is 0 Å². The lowest BCUT2D eigenvalue weighted by molar-refractivity contribution is -0.152. The normalized spacial score (nSPS) is 40.9. The van der Waals surface area contributed by atoms with Crippen LogP contribution in [0.5, 0.6) is 0 Å². The predicted molar refractivity (Wildman–Crippen MR) is 40.1 cm³/mol. The van der Waals surface area contributed by atoms with E-state index in [1.807, 2.05) is 0 Å². The minimum Gasteiger partial charge on any atom is -0.481 e. The first kappa shape index (κ1) is 8.25. The van der Waals surface area contributed by atoms with E-state index in [1.54, 1.807) is 12.2 Å². The van der Waals surface area contributed by atoms with Crippen molar-refractivity contribution in [1.29, 1.82) is 0 Å². The van der Waals surface area contributed by atoms with Crippen LogP contribution in [-0.4, -0.2) is 34.4 Å². The Morgan fingerprint density at radius 1 is 1.00 bits per heavy atom. The number of carboxylic acids is 2. The molecule has 0 aromatic rings. The maximum absolute atomic E-state index is 10.7. The smallest absolute Gasteiger partial charge is 0.310 e. The highest BCUT2D eigenvalue weighted by molar-refractivity contribution is 5.82. The Labute approximate surface area is 73.6 Å². The van der Waals surface area contributed by atoms with E-state index in [0.29, 0.717) is 0 Å². The molecular formula is C8H8O5. The zero-order valence-electron chi connectivity index (χ0n) is 6.58. The molecule has 0 spiro atoms. The molecule has 0 saturated carbocycles. The molecule has 4 atom stereocenters. The van der Waals surface area contributed by atoms with E-state index in [9.17, 15) is 9.59 Å². The summed E-state index contributed by atoms with van der Waals surface area (Å²) in [5, 5.41) is 17.6. The van der Waals surface area contributed by atoms with Crippen molar-refractivity contribution in [2.24, 2.45) is 11.8 Å². The van der Waals surface area contributed by atoms with E-state index in [2.05, 4.69) is 0 Å². The summed E-state index contributed by atoms with van der Waals surface area (Å²) in [7, 11) is 0. The Balaban J connectivity index is 2.30. The van der Waals surface area contributed by atoms with Gasteiger partial charge in [-0.15, -0.1) is 0 Å². The van der Waals surface area contributed by atoms with Crippen molar-refractivity contribution in [2.75, 3.05) is 0 Å². The zero-order valence-corrected chi connectivity index (χ0v) is 6.58. The highest BCUT2D eigenvalue weighted by Gasteiger charge is 2.53. The van der Waals surface area contributed by atoms with Crippen LogP contribution >= 0.6 is 0 Å². The molecule has 2 aliphatic rings. The Hall–Kier alpha value is -1.36. The summed E-state index contributed by atoms with van der Waals surface area (Å²) in [4.78, 5) is 21.5. The van der Waals surface area contributed by atoms with Crippen molar-refractivity contribution >= 4 is 11.9 Å². The molecule has 70 valence electrons. The summed E-state index contributed by atoms with van der Waals surface area (Å²) in [6, 6.07) is 0. The summed E-state index contributed by atoms with van der Waals surface area (Å²) in [5.41, 5.74) is 0. The summed E-state index contributed by atoms with van der Waals surface area (Å²) in [5.74, 6) is -4.09. The fourth-order valence-electron chi connectivity index (χ4n) is 1.90. The molecule has 0 unspecified atom stereocenters. The molecular weight excluding hydrogens is 176 g/mol. The fourth-order valence-corrected chi connectivity index (χ4v) is 1.90. The van der Waals surface area contributed by atoms with Crippen LogP contribution in [0.15, 0.2) is 12.2 Å². The average molecular weight is 184 g/mol. The van der Waals surface area contributed by atoms with Crippen molar-refractivity contribution in [3.05, 3.63) is 12.2 Å². The second-order valence-corrected chi connectivity index (χ2v) is 3.18. The van der Waals surface area contributed by atoms with Gasteiger partial charge in [-0.1, -0.05) is 12.2 Å². The van der Waals surface area contributed by atoms with Crippen LogP contribution in [0.2, 0.25) is 0 Å². The number of hydrogen-bond acceptors (Lipinski definition) is 3. The van der Waals surface area contributed by atoms with Gasteiger partial charge in [0.25, 0.3) is 0 Å². The van der Waals surface area contributed by atoms with Crippen LogP contribution in [0.4, 0.5) is 0 Å². The minimum atomic E-state index is -1.11. The molecule has 2 N–H and O–H groups in total. The molecule has 13 heavy (non-hydrogen) atoms. The summed E-state index contributed by atoms with van der Waals surface area (Å²) in [6.45, 7) is 0. The Morgan fingerprint density at radius 2 is 1.38 bits per heavy atom. The highest BCUT2D eigenvalue weighted by atomic mass is 16.5. The zero-order chi connectivity index (χ0) is 9.59. The molecule has 5 heteroatoms. The molecule has 2 aliphatic heterocycles. The molecule has 1 saturated heterocycles. The lowest BCUT2D eigenvalue weighted by Crippen LogP contribution is -2.36. The number of rotatable bonds is 2. The molecule has 2 heterocycles. The summed E-state index contributed by atoms with van der Waals surface area (Å²) >= 11 is 0. The monoisotopic (exact) mass is 184 g/mol. The summed E-state index contributed by atoms with van der Waals surface area (Å²) in [6.07, 6.45) is 2.10. The van der Waals surface area contributed by atoms with E-state index in [-0.39, 0.29) is 0 Å². The van der Waals surface area contributed by atoms with E-state index >= 15 is 0 Å². The van der Waals surface area contributed by atoms with Gasteiger partial charge in [0.1, 0.15) is 11.8 Å². The number of carbonyl (C=O) groups is 2. The van der Waals surface area contributed by atoms with E-state index < -0.39 is 36.0 Å². The number of hydrogen-bond donors (Lipinski definition) is 2. The standard InChI is InChI=1S/C8H8O5/c9-7(10)5-3-1-2-4(13-3)6(5)8(11)12/h1-6H,(H,9,10)(H,11,12)/t3-,4-,5-,6-/m1/s1. The minimum absolute atomic E-state index is 0.566. The van der Waals surface area contributed by atoms with Crippen LogP contribution in [0.1, 0.15) is 0 Å². The first-order valence-corrected chi connectivity index (χ1v) is 3.90. The Bertz CT molecular complexity index is 267. The molecule has 0 aromatic heterocycles. The van der Waals surface area contributed by atoms with Gasteiger partial charge in [-0.2, -0.15) is 0 Å². The molecule has 1 fully saturated rings. The second kappa shape index (κ2) is 2.56. The molecule has 0 amide bonds. The molecule has 5 nitrogen and oxygen atoms in total. The van der Waals surface area contributed by atoms with Gasteiger partial charge in [0, 0.05) is 0 Å². The second-order valence-electron chi connectivity index (χ2n) is 3.18. The van der Waals surface area contributed by atoms with Crippen molar-refractivity contribution in [2.45, 2.75) is 12.2 Å². The molecule has 2 rings (SSSR count). The maximum Gasteiger partial charge on any atom is 0.310 e. The van der Waals surface area contributed by atoms with Crippen LogP contribution < -0.4 is 0 Å². The SMILES string of the molecule is O=C(O)[C@H]1[C@H](C(=O)O)[C@H]2C=C[C@H]1O2. The van der Waals surface area contributed by atoms with Gasteiger partial charge in [0.2, 0.25) is 0 Å². The Kier molecular flexibility index (Phi) is 1.63. The first-order chi connectivity index (χ1) is 6.11. The number of carboxylic acid groups (broad SMARTS) is 2. The fraction of sp³-hybridized carbons (Fsp3) is 0.500. The van der Waals surface area contributed by atoms with Gasteiger partial charge in [0.15, 0.2) is 0 Å². The molecule has 2 bridgehead atoms. The van der Waals surface area contributed by atoms with Gasteiger partial charge in [-0.25, -0.2) is 0 Å². The van der Waals surface area contributed by atoms with Gasteiger partial charge in [0.05, 0.1) is 12.2 Å². The van der Waals surface area contributed by atoms with E-state index in [4.69, 9.17) is 14.9 Å². The lowest BCUT2D eigenvalue weighted by Gasteiger charge is -2.16. The highest BCUT2D eigenvalue weighted by Crippen LogP contribution is 2.39. The molecule has 0 aliphatic carbocycles. The third kappa shape index (κ3) is 1.04. The first-order valence-electron chi connectivity index (χ1n) is 3.90. The molecule has 0 radical (unpaired) electrons. The van der Waals surface area contributed by atoms with Crippen LogP contribution in [0, 0.1) is 11.8 Å². The van der Waals surface area contributed by atoms with Gasteiger partial charge >= 0.3 is 11.9 Å².